The molecule has 0 radical (unpaired) electrons. The Morgan fingerprint density at radius 2 is 1.95 bits per heavy atom. The standard InChI is InChI=1S/C14H16BrF3O/c15-13(6-7-19-9-14(16,17)18)12-5-4-10-2-1-3-11(10)8-12/h4-5,8,13H,1-3,6-7,9H2. The van der Waals surface area contributed by atoms with Crippen molar-refractivity contribution < 1.29 is 17.9 Å². The van der Waals surface area contributed by atoms with Gasteiger partial charge >= 0.3 is 6.18 Å². The van der Waals surface area contributed by atoms with Crippen LogP contribution in [0, 0.1) is 0 Å². The molecule has 106 valence electrons. The number of hydrogen-bond donors (Lipinski definition) is 0. The van der Waals surface area contributed by atoms with Gasteiger partial charge in [-0.25, -0.2) is 0 Å². The van der Waals surface area contributed by atoms with E-state index in [-0.39, 0.29) is 11.4 Å². The fourth-order valence-electron chi connectivity index (χ4n) is 2.33. The van der Waals surface area contributed by atoms with Gasteiger partial charge in [0.1, 0.15) is 6.61 Å². The van der Waals surface area contributed by atoms with Gasteiger partial charge in [0.25, 0.3) is 0 Å². The zero-order valence-corrected chi connectivity index (χ0v) is 12.1. The number of hydrogen-bond acceptors (Lipinski definition) is 1. The third-order valence-electron chi connectivity index (χ3n) is 3.27. The summed E-state index contributed by atoms with van der Waals surface area (Å²) in [5.74, 6) is 0. The first-order chi connectivity index (χ1) is 8.96. The van der Waals surface area contributed by atoms with E-state index < -0.39 is 12.8 Å². The minimum absolute atomic E-state index is 0.0478. The van der Waals surface area contributed by atoms with Gasteiger partial charge in [0, 0.05) is 11.4 Å². The van der Waals surface area contributed by atoms with Crippen LogP contribution in [-0.4, -0.2) is 19.4 Å². The average molecular weight is 337 g/mol. The number of halogens is 4. The number of ether oxygens (including phenoxy) is 1. The number of aryl methyl sites for hydroxylation is 2. The van der Waals surface area contributed by atoms with Crippen LogP contribution in [0.5, 0.6) is 0 Å². The number of alkyl halides is 4. The molecule has 0 heterocycles. The summed E-state index contributed by atoms with van der Waals surface area (Å²) in [6.07, 6.45) is -0.268. The van der Waals surface area contributed by atoms with Crippen molar-refractivity contribution in [2.45, 2.75) is 36.7 Å². The Balaban J connectivity index is 1.81. The molecule has 0 bridgehead atoms. The van der Waals surface area contributed by atoms with Gasteiger partial charge in [-0.15, -0.1) is 0 Å². The molecule has 1 aliphatic carbocycles. The molecule has 1 aromatic carbocycles. The maximum Gasteiger partial charge on any atom is 0.411 e. The van der Waals surface area contributed by atoms with Crippen LogP contribution in [0.2, 0.25) is 0 Å². The molecule has 5 heteroatoms. The molecule has 1 nitrogen and oxygen atoms in total. The van der Waals surface area contributed by atoms with Gasteiger partial charge in [0.2, 0.25) is 0 Å². The molecule has 0 aliphatic heterocycles. The number of benzene rings is 1. The first-order valence-electron chi connectivity index (χ1n) is 6.36. The maximum absolute atomic E-state index is 11.9. The summed E-state index contributed by atoms with van der Waals surface area (Å²) in [5.41, 5.74) is 3.89. The molecule has 0 saturated heterocycles. The van der Waals surface area contributed by atoms with Crippen LogP contribution in [0.4, 0.5) is 13.2 Å². The zero-order valence-electron chi connectivity index (χ0n) is 10.5. The quantitative estimate of drug-likeness (QED) is 0.564. The van der Waals surface area contributed by atoms with Crippen molar-refractivity contribution in [1.82, 2.24) is 0 Å². The first kappa shape index (κ1) is 14.9. The highest BCUT2D eigenvalue weighted by molar-refractivity contribution is 9.09. The van der Waals surface area contributed by atoms with E-state index in [0.717, 1.165) is 18.4 Å². The van der Waals surface area contributed by atoms with Gasteiger partial charge in [-0.1, -0.05) is 34.1 Å². The predicted molar refractivity (Wildman–Crippen MR) is 71.6 cm³/mol. The lowest BCUT2D eigenvalue weighted by atomic mass is 10.0. The van der Waals surface area contributed by atoms with Crippen molar-refractivity contribution in [3.05, 3.63) is 34.9 Å². The topological polar surface area (TPSA) is 9.23 Å². The van der Waals surface area contributed by atoms with Crippen molar-refractivity contribution in [2.24, 2.45) is 0 Å². The highest BCUT2D eigenvalue weighted by atomic mass is 79.9. The molecular formula is C14H16BrF3O. The summed E-state index contributed by atoms with van der Waals surface area (Å²) >= 11 is 3.51. The lowest BCUT2D eigenvalue weighted by Gasteiger charge is -2.13. The van der Waals surface area contributed by atoms with Gasteiger partial charge in [0.15, 0.2) is 0 Å². The van der Waals surface area contributed by atoms with E-state index in [0.29, 0.717) is 6.42 Å². The lowest BCUT2D eigenvalue weighted by Crippen LogP contribution is -2.17. The van der Waals surface area contributed by atoms with E-state index in [1.165, 1.54) is 17.5 Å². The summed E-state index contributed by atoms with van der Waals surface area (Å²) in [5, 5.41) is 0. The van der Waals surface area contributed by atoms with E-state index in [1.807, 2.05) is 6.07 Å². The Bertz CT molecular complexity index is 431. The van der Waals surface area contributed by atoms with E-state index in [9.17, 15) is 13.2 Å². The summed E-state index contributed by atoms with van der Waals surface area (Å²) in [4.78, 5) is 0.0478. The Morgan fingerprint density at radius 3 is 2.68 bits per heavy atom. The van der Waals surface area contributed by atoms with Gasteiger partial charge in [0.05, 0.1) is 0 Å². The van der Waals surface area contributed by atoms with Crippen molar-refractivity contribution in [1.29, 1.82) is 0 Å². The van der Waals surface area contributed by atoms with Crippen LogP contribution in [0.1, 0.15) is 34.4 Å². The van der Waals surface area contributed by atoms with Crippen LogP contribution in [0.15, 0.2) is 18.2 Å². The van der Waals surface area contributed by atoms with E-state index in [2.05, 4.69) is 32.8 Å². The molecule has 0 aromatic heterocycles. The molecule has 2 rings (SSSR count). The van der Waals surface area contributed by atoms with Crippen LogP contribution in [0.3, 0.4) is 0 Å². The Morgan fingerprint density at radius 1 is 1.21 bits per heavy atom. The normalized spacial score (nSPS) is 16.4. The summed E-state index contributed by atoms with van der Waals surface area (Å²) in [6, 6.07) is 6.33. The van der Waals surface area contributed by atoms with E-state index in [4.69, 9.17) is 0 Å². The molecule has 1 aliphatic rings. The zero-order chi connectivity index (χ0) is 13.9. The fraction of sp³-hybridized carbons (Fsp3) is 0.571. The highest BCUT2D eigenvalue weighted by Gasteiger charge is 2.27. The van der Waals surface area contributed by atoms with Crippen LogP contribution in [-0.2, 0) is 17.6 Å². The summed E-state index contributed by atoms with van der Waals surface area (Å²) < 4.78 is 40.4. The monoisotopic (exact) mass is 336 g/mol. The fourth-order valence-corrected chi connectivity index (χ4v) is 2.80. The Hall–Kier alpha value is -0.550. The second kappa shape index (κ2) is 6.27. The van der Waals surface area contributed by atoms with Crippen molar-refractivity contribution in [2.75, 3.05) is 13.2 Å². The number of fused-ring (bicyclic) bond motifs is 1. The van der Waals surface area contributed by atoms with Crippen molar-refractivity contribution >= 4 is 15.9 Å². The third kappa shape index (κ3) is 4.49. The largest absolute Gasteiger partial charge is 0.411 e. The van der Waals surface area contributed by atoms with Crippen LogP contribution >= 0.6 is 15.9 Å². The molecule has 0 N–H and O–H groups in total. The molecule has 0 amide bonds. The van der Waals surface area contributed by atoms with Gasteiger partial charge in [-0.2, -0.15) is 13.2 Å². The SMILES string of the molecule is FC(F)(F)COCCC(Br)c1ccc2c(c1)CCC2. The van der Waals surface area contributed by atoms with Crippen molar-refractivity contribution in [3.8, 4) is 0 Å². The minimum atomic E-state index is -4.24. The smallest absolute Gasteiger partial charge is 0.372 e. The Labute approximate surface area is 119 Å². The second-order valence-electron chi connectivity index (χ2n) is 4.81. The van der Waals surface area contributed by atoms with E-state index in [1.54, 1.807) is 0 Å². The molecule has 1 atom stereocenters. The molecule has 1 unspecified atom stereocenters. The molecular weight excluding hydrogens is 321 g/mol. The predicted octanol–water partition coefficient (Wildman–Crippen LogP) is 4.58. The van der Waals surface area contributed by atoms with Gasteiger partial charge in [-0.05, 0) is 42.4 Å². The number of rotatable bonds is 5. The second-order valence-corrected chi connectivity index (χ2v) is 5.91. The highest BCUT2D eigenvalue weighted by Crippen LogP contribution is 2.31. The molecule has 0 spiro atoms. The van der Waals surface area contributed by atoms with Crippen LogP contribution in [0.25, 0.3) is 0 Å². The van der Waals surface area contributed by atoms with Crippen LogP contribution < -0.4 is 0 Å². The third-order valence-corrected chi connectivity index (χ3v) is 4.25. The van der Waals surface area contributed by atoms with E-state index >= 15 is 0 Å². The maximum atomic E-state index is 11.9. The Kier molecular flexibility index (Phi) is 4.90. The minimum Gasteiger partial charge on any atom is -0.372 e. The van der Waals surface area contributed by atoms with Crippen molar-refractivity contribution in [3.63, 3.8) is 0 Å². The van der Waals surface area contributed by atoms with Gasteiger partial charge < -0.3 is 4.74 Å². The molecule has 0 fully saturated rings. The van der Waals surface area contributed by atoms with Gasteiger partial charge in [-0.3, -0.25) is 0 Å². The molecule has 1 aromatic rings. The lowest BCUT2D eigenvalue weighted by molar-refractivity contribution is -0.174. The summed E-state index contributed by atoms with van der Waals surface area (Å²) in [7, 11) is 0. The first-order valence-corrected chi connectivity index (χ1v) is 7.27. The molecule has 19 heavy (non-hydrogen) atoms. The molecule has 0 saturated carbocycles. The summed E-state index contributed by atoms with van der Waals surface area (Å²) in [6.45, 7) is -1.07. The average Bonchev–Trinajstić information content (AvgIpc) is 2.80.